The van der Waals surface area contributed by atoms with Gasteiger partial charge < -0.3 is 4.90 Å². The van der Waals surface area contributed by atoms with Gasteiger partial charge in [0.25, 0.3) is 0 Å². The summed E-state index contributed by atoms with van der Waals surface area (Å²) in [6, 6.07) is 19.1. The second-order valence-corrected chi connectivity index (χ2v) is 8.23. The summed E-state index contributed by atoms with van der Waals surface area (Å²) in [7, 11) is 0. The second-order valence-electron chi connectivity index (χ2n) is 8.23. The first-order chi connectivity index (χ1) is 14.6. The van der Waals surface area contributed by atoms with Gasteiger partial charge in [-0.15, -0.1) is 0 Å². The van der Waals surface area contributed by atoms with Gasteiger partial charge in [-0.25, -0.2) is 0 Å². The summed E-state index contributed by atoms with van der Waals surface area (Å²) < 4.78 is 0. The SMILES string of the molecule is CC1(C)C=CC=C(N(c2ccc3cnccc3c2)c2ccc3ncccc3c2)C=C1. The van der Waals surface area contributed by atoms with Crippen molar-refractivity contribution in [2.45, 2.75) is 13.8 Å². The highest BCUT2D eigenvalue weighted by molar-refractivity contribution is 5.89. The van der Waals surface area contributed by atoms with E-state index in [0.717, 1.165) is 33.4 Å². The third kappa shape index (κ3) is 3.50. The van der Waals surface area contributed by atoms with E-state index in [1.165, 1.54) is 5.39 Å². The third-order valence-corrected chi connectivity index (χ3v) is 5.46. The van der Waals surface area contributed by atoms with E-state index in [1.54, 1.807) is 0 Å². The molecule has 0 atom stereocenters. The fourth-order valence-corrected chi connectivity index (χ4v) is 3.81. The van der Waals surface area contributed by atoms with Gasteiger partial charge >= 0.3 is 0 Å². The molecule has 0 bridgehead atoms. The summed E-state index contributed by atoms with van der Waals surface area (Å²) in [6.07, 6.45) is 16.6. The van der Waals surface area contributed by atoms with E-state index >= 15 is 0 Å². The first-order valence-electron chi connectivity index (χ1n) is 10.2. The van der Waals surface area contributed by atoms with Crippen LogP contribution in [0.3, 0.4) is 0 Å². The molecule has 0 radical (unpaired) electrons. The highest BCUT2D eigenvalue weighted by atomic mass is 15.1. The molecule has 4 aromatic rings. The maximum absolute atomic E-state index is 4.48. The van der Waals surface area contributed by atoms with E-state index in [2.05, 4.69) is 108 Å². The van der Waals surface area contributed by atoms with Gasteiger partial charge in [-0.2, -0.15) is 0 Å². The number of hydrogen-bond donors (Lipinski definition) is 0. The van der Waals surface area contributed by atoms with Gasteiger partial charge in [0.05, 0.1) is 5.52 Å². The van der Waals surface area contributed by atoms with E-state index in [0.29, 0.717) is 0 Å². The van der Waals surface area contributed by atoms with Crippen LogP contribution in [0.15, 0.2) is 109 Å². The van der Waals surface area contributed by atoms with Crippen molar-refractivity contribution >= 4 is 33.1 Å². The fraction of sp³-hybridized carbons (Fsp3) is 0.111. The summed E-state index contributed by atoms with van der Waals surface area (Å²) in [4.78, 5) is 11.0. The summed E-state index contributed by atoms with van der Waals surface area (Å²) in [5.41, 5.74) is 4.35. The van der Waals surface area contributed by atoms with Crippen LogP contribution in [-0.4, -0.2) is 9.97 Å². The summed E-state index contributed by atoms with van der Waals surface area (Å²) in [5, 5.41) is 3.43. The maximum atomic E-state index is 4.48. The minimum atomic E-state index is 0.0201. The van der Waals surface area contributed by atoms with Gasteiger partial charge in [-0.05, 0) is 60.0 Å². The molecule has 0 saturated heterocycles. The molecule has 2 heterocycles. The minimum absolute atomic E-state index is 0.0201. The molecule has 146 valence electrons. The first-order valence-corrected chi connectivity index (χ1v) is 10.2. The Bertz CT molecular complexity index is 1250. The largest absolute Gasteiger partial charge is 0.310 e. The lowest BCUT2D eigenvalue weighted by molar-refractivity contribution is 0.627. The Morgan fingerprint density at radius 3 is 2.53 bits per heavy atom. The van der Waals surface area contributed by atoms with Crippen LogP contribution in [0.25, 0.3) is 21.7 Å². The van der Waals surface area contributed by atoms with Gasteiger partial charge in [0.2, 0.25) is 0 Å². The molecule has 0 fully saturated rings. The van der Waals surface area contributed by atoms with Crippen LogP contribution in [0.1, 0.15) is 13.8 Å². The average Bonchev–Trinajstić information content (AvgIpc) is 2.94. The van der Waals surface area contributed by atoms with Crippen molar-refractivity contribution in [2.24, 2.45) is 5.41 Å². The van der Waals surface area contributed by atoms with Crippen LogP contribution in [0, 0.1) is 5.41 Å². The van der Waals surface area contributed by atoms with Crippen LogP contribution in [-0.2, 0) is 0 Å². The molecule has 2 aromatic carbocycles. The molecule has 5 rings (SSSR count). The Balaban J connectivity index is 1.70. The van der Waals surface area contributed by atoms with Crippen molar-refractivity contribution in [1.29, 1.82) is 0 Å². The number of benzene rings is 2. The second kappa shape index (κ2) is 7.27. The topological polar surface area (TPSA) is 29.0 Å². The molecular weight excluding hydrogens is 366 g/mol. The lowest BCUT2D eigenvalue weighted by atomic mass is 9.93. The van der Waals surface area contributed by atoms with Gasteiger partial charge in [0.15, 0.2) is 0 Å². The van der Waals surface area contributed by atoms with Crippen LogP contribution in [0.2, 0.25) is 0 Å². The van der Waals surface area contributed by atoms with Crippen molar-refractivity contribution in [1.82, 2.24) is 9.97 Å². The number of pyridine rings is 2. The molecule has 0 aliphatic heterocycles. The lowest BCUT2D eigenvalue weighted by Gasteiger charge is -2.27. The molecule has 0 saturated carbocycles. The maximum Gasteiger partial charge on any atom is 0.0703 e. The number of rotatable bonds is 3. The van der Waals surface area contributed by atoms with Crippen LogP contribution < -0.4 is 4.90 Å². The van der Waals surface area contributed by atoms with Crippen molar-refractivity contribution in [2.75, 3.05) is 4.90 Å². The Labute approximate surface area is 176 Å². The normalized spacial score (nSPS) is 15.2. The number of nitrogens with zero attached hydrogens (tertiary/aromatic N) is 3. The summed E-state index contributed by atoms with van der Waals surface area (Å²) in [6.45, 7) is 4.43. The summed E-state index contributed by atoms with van der Waals surface area (Å²) >= 11 is 0. The lowest BCUT2D eigenvalue weighted by Crippen LogP contribution is -2.15. The van der Waals surface area contributed by atoms with Crippen molar-refractivity contribution in [3.8, 4) is 0 Å². The van der Waals surface area contributed by atoms with Gasteiger partial charge in [0.1, 0.15) is 0 Å². The molecule has 0 N–H and O–H groups in total. The van der Waals surface area contributed by atoms with E-state index in [1.807, 2.05) is 24.7 Å². The highest BCUT2D eigenvalue weighted by Gasteiger charge is 2.17. The van der Waals surface area contributed by atoms with E-state index in [4.69, 9.17) is 0 Å². The predicted molar refractivity (Wildman–Crippen MR) is 126 cm³/mol. The van der Waals surface area contributed by atoms with Gasteiger partial charge in [-0.3, -0.25) is 9.97 Å². The van der Waals surface area contributed by atoms with Crippen molar-refractivity contribution < 1.29 is 0 Å². The molecular formula is C27H23N3. The molecule has 0 unspecified atom stereocenters. The predicted octanol–water partition coefficient (Wildman–Crippen LogP) is 6.96. The Morgan fingerprint density at radius 1 is 0.800 bits per heavy atom. The summed E-state index contributed by atoms with van der Waals surface area (Å²) in [5.74, 6) is 0. The van der Waals surface area contributed by atoms with E-state index in [-0.39, 0.29) is 5.41 Å². The number of aromatic nitrogens is 2. The molecule has 0 amide bonds. The first kappa shape index (κ1) is 18.3. The smallest absolute Gasteiger partial charge is 0.0703 e. The monoisotopic (exact) mass is 389 g/mol. The molecule has 0 spiro atoms. The fourth-order valence-electron chi connectivity index (χ4n) is 3.81. The zero-order valence-corrected chi connectivity index (χ0v) is 17.2. The van der Waals surface area contributed by atoms with Crippen LogP contribution in [0.4, 0.5) is 11.4 Å². The van der Waals surface area contributed by atoms with Gasteiger partial charge in [0, 0.05) is 51.8 Å². The number of fused-ring (bicyclic) bond motifs is 2. The number of anilines is 2. The number of allylic oxidation sites excluding steroid dienone is 5. The van der Waals surface area contributed by atoms with Crippen LogP contribution in [0.5, 0.6) is 0 Å². The van der Waals surface area contributed by atoms with E-state index < -0.39 is 0 Å². The zero-order valence-electron chi connectivity index (χ0n) is 17.2. The molecule has 30 heavy (non-hydrogen) atoms. The molecule has 1 aliphatic rings. The zero-order chi connectivity index (χ0) is 20.6. The molecule has 3 heteroatoms. The van der Waals surface area contributed by atoms with Gasteiger partial charge in [-0.1, -0.05) is 44.2 Å². The molecule has 3 nitrogen and oxygen atoms in total. The van der Waals surface area contributed by atoms with E-state index in [9.17, 15) is 0 Å². The average molecular weight is 390 g/mol. The third-order valence-electron chi connectivity index (χ3n) is 5.46. The van der Waals surface area contributed by atoms with Crippen molar-refractivity contribution in [3.63, 3.8) is 0 Å². The van der Waals surface area contributed by atoms with Crippen molar-refractivity contribution in [3.05, 3.63) is 109 Å². The number of hydrogen-bond acceptors (Lipinski definition) is 3. The molecule has 1 aliphatic carbocycles. The minimum Gasteiger partial charge on any atom is -0.310 e. The Hall–Kier alpha value is -3.72. The Kier molecular flexibility index (Phi) is 4.44. The molecule has 2 aromatic heterocycles. The Morgan fingerprint density at radius 2 is 1.63 bits per heavy atom. The standard InChI is InChI=1S/C27H23N3/c1-27(2)13-3-6-23(11-14-27)30(24-8-7-22-19-28-16-12-20(22)17-24)25-9-10-26-21(18-25)5-4-15-29-26/h3-19H,1-2H3. The quantitative estimate of drug-likeness (QED) is 0.379. The van der Waals surface area contributed by atoms with Crippen LogP contribution >= 0.6 is 0 Å². The highest BCUT2D eigenvalue weighted by Crippen LogP contribution is 2.35.